The first-order valence-corrected chi connectivity index (χ1v) is 8.25. The zero-order valence-corrected chi connectivity index (χ0v) is 15.3. The van der Waals surface area contributed by atoms with Crippen LogP contribution in [-0.4, -0.2) is 60.7 Å². The minimum Gasteiger partial charge on any atom is -0.479 e. The fourth-order valence-corrected chi connectivity index (χ4v) is 2.63. The highest BCUT2D eigenvalue weighted by atomic mass is 16.5. The van der Waals surface area contributed by atoms with Gasteiger partial charge in [0.2, 0.25) is 5.88 Å². The molecule has 0 saturated heterocycles. The predicted molar refractivity (Wildman–Crippen MR) is 98.0 cm³/mol. The molecule has 0 radical (unpaired) electrons. The lowest BCUT2D eigenvalue weighted by Crippen LogP contribution is -2.18. The second-order valence-corrected chi connectivity index (χ2v) is 5.65. The van der Waals surface area contributed by atoms with Gasteiger partial charge < -0.3 is 14.8 Å². The van der Waals surface area contributed by atoms with Crippen LogP contribution in [0.5, 0.6) is 5.88 Å². The van der Waals surface area contributed by atoms with Gasteiger partial charge >= 0.3 is 5.97 Å². The standard InChI is InChI=1S/C17H14N8O4/c1-28-16-14(25-20-5-6-21-25)11(17(27)29-2)7-12(23-16)22-15(26)10-8-18-13-3-4-19-24(13)9-10/h3-9H,1-2H3,(H,22,23,26). The molecule has 0 saturated carbocycles. The van der Waals surface area contributed by atoms with Gasteiger partial charge in [0.05, 0.1) is 43.9 Å². The highest BCUT2D eigenvalue weighted by Gasteiger charge is 2.23. The molecule has 12 nitrogen and oxygen atoms in total. The van der Waals surface area contributed by atoms with E-state index >= 15 is 0 Å². The minimum absolute atomic E-state index is 0.0278. The Morgan fingerprint density at radius 2 is 1.90 bits per heavy atom. The summed E-state index contributed by atoms with van der Waals surface area (Å²) in [6, 6.07) is 3.06. The van der Waals surface area contributed by atoms with Crippen molar-refractivity contribution in [1.29, 1.82) is 0 Å². The average molecular weight is 394 g/mol. The van der Waals surface area contributed by atoms with Crippen LogP contribution < -0.4 is 10.1 Å². The van der Waals surface area contributed by atoms with E-state index in [9.17, 15) is 9.59 Å². The van der Waals surface area contributed by atoms with E-state index in [1.165, 1.54) is 54.4 Å². The van der Waals surface area contributed by atoms with Gasteiger partial charge in [-0.2, -0.15) is 20.3 Å². The number of aromatic nitrogens is 7. The van der Waals surface area contributed by atoms with Crippen LogP contribution in [-0.2, 0) is 4.74 Å². The van der Waals surface area contributed by atoms with Crippen LogP contribution in [0, 0.1) is 0 Å². The fraction of sp³-hybridized carbons (Fsp3) is 0.118. The lowest BCUT2D eigenvalue weighted by atomic mass is 10.2. The number of esters is 1. The van der Waals surface area contributed by atoms with Crippen molar-refractivity contribution in [3.05, 3.63) is 54.2 Å². The number of carbonyl (C=O) groups is 2. The average Bonchev–Trinajstić information content (AvgIpc) is 3.43. The minimum atomic E-state index is -0.673. The fourth-order valence-electron chi connectivity index (χ4n) is 2.63. The lowest BCUT2D eigenvalue weighted by Gasteiger charge is -2.13. The molecule has 0 aliphatic rings. The maximum Gasteiger partial charge on any atom is 0.340 e. The third kappa shape index (κ3) is 3.34. The summed E-state index contributed by atoms with van der Waals surface area (Å²) in [5, 5.41) is 14.7. The second kappa shape index (κ2) is 7.34. The van der Waals surface area contributed by atoms with Crippen LogP contribution in [0.4, 0.5) is 5.82 Å². The number of ether oxygens (including phenoxy) is 2. The van der Waals surface area contributed by atoms with E-state index in [2.05, 4.69) is 30.6 Å². The largest absolute Gasteiger partial charge is 0.479 e. The lowest BCUT2D eigenvalue weighted by molar-refractivity contribution is 0.0599. The van der Waals surface area contributed by atoms with Crippen LogP contribution in [0.2, 0.25) is 0 Å². The number of anilines is 1. The van der Waals surface area contributed by atoms with Gasteiger partial charge in [0.15, 0.2) is 11.3 Å². The van der Waals surface area contributed by atoms with E-state index in [0.717, 1.165) is 0 Å². The Morgan fingerprint density at radius 3 is 2.62 bits per heavy atom. The summed E-state index contributed by atoms with van der Waals surface area (Å²) in [4.78, 5) is 34.5. The van der Waals surface area contributed by atoms with Gasteiger partial charge in [-0.1, -0.05) is 0 Å². The van der Waals surface area contributed by atoms with Crippen molar-refractivity contribution >= 4 is 23.3 Å². The molecule has 4 aromatic rings. The Labute approximate surface area is 163 Å². The third-order valence-electron chi connectivity index (χ3n) is 3.93. The van der Waals surface area contributed by atoms with Crippen LogP contribution in [0.3, 0.4) is 0 Å². The summed E-state index contributed by atoms with van der Waals surface area (Å²) in [5.74, 6) is -1.07. The molecule has 0 aromatic carbocycles. The van der Waals surface area contributed by atoms with Gasteiger partial charge in [-0.25, -0.2) is 14.3 Å². The molecule has 146 valence electrons. The van der Waals surface area contributed by atoms with Crippen molar-refractivity contribution in [2.24, 2.45) is 0 Å². The smallest absolute Gasteiger partial charge is 0.340 e. The first-order chi connectivity index (χ1) is 14.1. The summed E-state index contributed by atoms with van der Waals surface area (Å²) >= 11 is 0. The molecule has 4 aromatic heterocycles. The zero-order valence-electron chi connectivity index (χ0n) is 15.3. The molecule has 0 fully saturated rings. The predicted octanol–water partition coefficient (Wildman–Crippen LogP) is 0.752. The van der Waals surface area contributed by atoms with Crippen LogP contribution in [0.25, 0.3) is 11.3 Å². The molecular weight excluding hydrogens is 380 g/mol. The van der Waals surface area contributed by atoms with Gasteiger partial charge in [-0.3, -0.25) is 4.79 Å². The van der Waals surface area contributed by atoms with Crippen molar-refractivity contribution in [3.8, 4) is 11.6 Å². The van der Waals surface area contributed by atoms with Gasteiger partial charge in [0.1, 0.15) is 5.82 Å². The molecule has 1 amide bonds. The van der Waals surface area contributed by atoms with Crippen LogP contribution >= 0.6 is 0 Å². The number of fused-ring (bicyclic) bond motifs is 1. The van der Waals surface area contributed by atoms with E-state index in [-0.39, 0.29) is 28.5 Å². The maximum atomic E-state index is 12.6. The van der Waals surface area contributed by atoms with E-state index < -0.39 is 11.9 Å². The Kier molecular flexibility index (Phi) is 4.57. The molecule has 0 aliphatic heterocycles. The van der Waals surface area contributed by atoms with E-state index in [4.69, 9.17) is 9.47 Å². The number of nitrogens with zero attached hydrogens (tertiary/aromatic N) is 7. The number of amides is 1. The molecular formula is C17H14N8O4. The van der Waals surface area contributed by atoms with E-state index in [0.29, 0.717) is 5.65 Å². The zero-order chi connectivity index (χ0) is 20.4. The maximum absolute atomic E-state index is 12.6. The Balaban J connectivity index is 1.73. The molecule has 0 unspecified atom stereocenters. The summed E-state index contributed by atoms with van der Waals surface area (Å²) < 4.78 is 11.6. The van der Waals surface area contributed by atoms with Crippen molar-refractivity contribution < 1.29 is 19.1 Å². The second-order valence-electron chi connectivity index (χ2n) is 5.65. The Morgan fingerprint density at radius 1 is 1.10 bits per heavy atom. The number of pyridine rings is 1. The number of methoxy groups -OCH3 is 2. The molecule has 0 atom stereocenters. The number of nitrogens with one attached hydrogen (secondary N) is 1. The molecule has 12 heteroatoms. The first-order valence-electron chi connectivity index (χ1n) is 8.25. The number of carbonyl (C=O) groups excluding carboxylic acids is 2. The first kappa shape index (κ1) is 18.0. The number of hydrogen-bond acceptors (Lipinski definition) is 9. The van der Waals surface area contributed by atoms with Gasteiger partial charge in [-0.15, -0.1) is 4.80 Å². The molecule has 29 heavy (non-hydrogen) atoms. The summed E-state index contributed by atoms with van der Waals surface area (Å²) in [5.41, 5.74) is 1.10. The summed E-state index contributed by atoms with van der Waals surface area (Å²) in [6.07, 6.45) is 7.38. The number of hydrogen-bond donors (Lipinski definition) is 1. The molecule has 0 spiro atoms. The van der Waals surface area contributed by atoms with Crippen molar-refractivity contribution in [1.82, 2.24) is 34.6 Å². The Hall–Kier alpha value is -4.35. The van der Waals surface area contributed by atoms with Gasteiger partial charge in [0, 0.05) is 18.5 Å². The van der Waals surface area contributed by atoms with E-state index in [1.807, 2.05) is 0 Å². The molecule has 4 heterocycles. The monoisotopic (exact) mass is 394 g/mol. The highest BCUT2D eigenvalue weighted by Crippen LogP contribution is 2.27. The van der Waals surface area contributed by atoms with Crippen molar-refractivity contribution in [2.45, 2.75) is 0 Å². The highest BCUT2D eigenvalue weighted by molar-refractivity contribution is 6.04. The molecule has 4 rings (SSSR count). The molecule has 0 aliphatic carbocycles. The third-order valence-corrected chi connectivity index (χ3v) is 3.93. The van der Waals surface area contributed by atoms with Crippen molar-refractivity contribution in [2.75, 3.05) is 19.5 Å². The quantitative estimate of drug-likeness (QED) is 0.486. The van der Waals surface area contributed by atoms with Gasteiger partial charge in [0.25, 0.3) is 5.91 Å². The van der Waals surface area contributed by atoms with Crippen LogP contribution in [0.15, 0.2) is 43.1 Å². The molecule has 0 bridgehead atoms. The molecule has 1 N–H and O–H groups in total. The SMILES string of the molecule is COC(=O)c1cc(NC(=O)c2cnc3ccnn3c2)nc(OC)c1-n1nccn1. The Bertz CT molecular complexity index is 1200. The summed E-state index contributed by atoms with van der Waals surface area (Å²) in [6.45, 7) is 0. The van der Waals surface area contributed by atoms with Crippen LogP contribution in [0.1, 0.15) is 20.7 Å². The van der Waals surface area contributed by atoms with E-state index in [1.54, 1.807) is 12.3 Å². The van der Waals surface area contributed by atoms with Crippen molar-refractivity contribution in [3.63, 3.8) is 0 Å². The topological polar surface area (TPSA) is 138 Å². The van der Waals surface area contributed by atoms with Gasteiger partial charge in [-0.05, 0) is 6.07 Å². The summed E-state index contributed by atoms with van der Waals surface area (Å²) in [7, 11) is 2.61. The number of rotatable bonds is 5. The normalized spacial score (nSPS) is 10.7.